The Morgan fingerprint density at radius 3 is 2.58 bits per heavy atom. The molecule has 0 fully saturated rings. The van der Waals surface area contributed by atoms with Crippen LogP contribution in [0.25, 0.3) is 5.57 Å². The summed E-state index contributed by atoms with van der Waals surface area (Å²) in [4.78, 5) is 34.1. The summed E-state index contributed by atoms with van der Waals surface area (Å²) in [6.07, 6.45) is 9.92. The molecule has 2 aliphatic rings. The van der Waals surface area contributed by atoms with E-state index < -0.39 is 28.7 Å². The molecule has 2 aromatic rings. The maximum absolute atomic E-state index is 13.0. The van der Waals surface area contributed by atoms with Crippen LogP contribution < -0.4 is 5.32 Å². The van der Waals surface area contributed by atoms with Gasteiger partial charge < -0.3 is 20.1 Å². The third-order valence-electron chi connectivity index (χ3n) is 8.12. The van der Waals surface area contributed by atoms with Crippen molar-refractivity contribution in [3.05, 3.63) is 65.3 Å². The molecule has 212 valence electrons. The van der Waals surface area contributed by atoms with Gasteiger partial charge in [0.2, 0.25) is 0 Å². The number of imidazole rings is 1. The summed E-state index contributed by atoms with van der Waals surface area (Å²) in [5.74, 6) is -0.414. The Balaban J connectivity index is 1.71. The molecule has 1 aromatic carbocycles. The number of carbonyl (C=O) groups is 2. The number of ether oxygens (including phenoxy) is 1. The van der Waals surface area contributed by atoms with Crippen molar-refractivity contribution in [2.45, 2.75) is 83.9 Å². The van der Waals surface area contributed by atoms with Crippen LogP contribution in [0.15, 0.2) is 42.6 Å². The predicted molar refractivity (Wildman–Crippen MR) is 153 cm³/mol. The third kappa shape index (κ3) is 5.68. The number of carbonyl (C=O) groups excluding carboxylic acids is 2. The summed E-state index contributed by atoms with van der Waals surface area (Å²) in [7, 11) is 1.36. The number of H-pyrrole nitrogens is 1. The van der Waals surface area contributed by atoms with Gasteiger partial charge >= 0.3 is 6.09 Å². The molecule has 1 aliphatic heterocycles. The number of hydrogen-bond donors (Lipinski definition) is 3. The van der Waals surface area contributed by atoms with Crippen LogP contribution in [0.4, 0.5) is 10.5 Å². The summed E-state index contributed by atoms with van der Waals surface area (Å²) >= 11 is 0. The van der Waals surface area contributed by atoms with Crippen molar-refractivity contribution < 1.29 is 19.4 Å². The Morgan fingerprint density at radius 2 is 1.98 bits per heavy atom. The van der Waals surface area contributed by atoms with E-state index in [2.05, 4.69) is 35.2 Å². The van der Waals surface area contributed by atoms with E-state index >= 15 is 0 Å². The number of methoxy groups -OCH3 is 1. The van der Waals surface area contributed by atoms with Crippen molar-refractivity contribution >= 4 is 23.3 Å². The molecule has 0 bridgehead atoms. The smallest absolute Gasteiger partial charge is 0.410 e. The van der Waals surface area contributed by atoms with Crippen molar-refractivity contribution in [3.8, 4) is 6.07 Å². The Morgan fingerprint density at radius 1 is 1.25 bits per heavy atom. The van der Waals surface area contributed by atoms with Crippen molar-refractivity contribution in [2.24, 2.45) is 5.41 Å². The number of nitrogens with one attached hydrogen (secondary N) is 2. The van der Waals surface area contributed by atoms with Crippen LogP contribution in [0, 0.1) is 16.7 Å². The Bertz CT molecular complexity index is 1430. The standard InChI is InChI=1S/C31H39N5O4/c1-28(2)12-10-20(11-13-28)23-16-21(8-9-24(23)35-26(37)25-33-18-22(17-32)34-25)31(6,39)19-30(5)15-14-29(3,4)36(30)27(38)40-7/h8-10,14-16,18,39H,11-13,19H2,1-7H3,(H,33,34)(H,35,37)/t30-,31?/m0/s1. The van der Waals surface area contributed by atoms with E-state index in [1.54, 1.807) is 24.0 Å². The summed E-state index contributed by atoms with van der Waals surface area (Å²) in [6, 6.07) is 7.46. The Kier molecular flexibility index (Phi) is 7.46. The molecule has 0 saturated heterocycles. The molecule has 2 amide bonds. The maximum atomic E-state index is 13.0. The number of allylic oxidation sites excluding steroid dienone is 2. The van der Waals surface area contributed by atoms with E-state index in [0.717, 1.165) is 30.4 Å². The second-order valence-corrected chi connectivity index (χ2v) is 12.7. The van der Waals surface area contributed by atoms with Crippen LogP contribution in [-0.4, -0.2) is 50.2 Å². The number of hydrogen-bond acceptors (Lipinski definition) is 6. The average molecular weight is 546 g/mol. The fourth-order valence-electron chi connectivity index (χ4n) is 5.91. The largest absolute Gasteiger partial charge is 0.453 e. The topological polar surface area (TPSA) is 131 Å². The lowest BCUT2D eigenvalue weighted by atomic mass is 9.76. The highest BCUT2D eigenvalue weighted by atomic mass is 16.5. The summed E-state index contributed by atoms with van der Waals surface area (Å²) in [5, 5.41) is 23.9. The van der Waals surface area contributed by atoms with Crippen LogP contribution in [-0.2, 0) is 10.3 Å². The fraction of sp³-hybridized carbons (Fsp3) is 0.484. The first-order valence-corrected chi connectivity index (χ1v) is 13.5. The summed E-state index contributed by atoms with van der Waals surface area (Å²) in [5.41, 5.74) is 0.876. The molecule has 2 heterocycles. The van der Waals surface area contributed by atoms with E-state index in [0.29, 0.717) is 11.3 Å². The minimum Gasteiger partial charge on any atom is -0.453 e. The quantitative estimate of drug-likeness (QED) is 0.387. The Hall–Kier alpha value is -3.90. The first kappa shape index (κ1) is 29.1. The van der Waals surface area contributed by atoms with Gasteiger partial charge in [-0.2, -0.15) is 5.26 Å². The average Bonchev–Trinajstić information content (AvgIpc) is 3.45. The molecule has 4 rings (SSSR count). The molecule has 2 atom stereocenters. The van der Waals surface area contributed by atoms with Gasteiger partial charge in [-0.15, -0.1) is 0 Å². The van der Waals surface area contributed by atoms with Gasteiger partial charge in [0.25, 0.3) is 5.91 Å². The van der Waals surface area contributed by atoms with Gasteiger partial charge in [-0.3, -0.25) is 9.69 Å². The minimum absolute atomic E-state index is 0.0452. The zero-order valence-corrected chi connectivity index (χ0v) is 24.4. The summed E-state index contributed by atoms with van der Waals surface area (Å²) in [6.45, 7) is 12.0. The van der Waals surface area contributed by atoms with E-state index in [1.807, 2.05) is 45.1 Å². The number of benzene rings is 1. The molecular weight excluding hydrogens is 506 g/mol. The van der Waals surface area contributed by atoms with E-state index in [9.17, 15) is 14.7 Å². The van der Waals surface area contributed by atoms with Crippen molar-refractivity contribution in [1.82, 2.24) is 14.9 Å². The molecule has 1 unspecified atom stereocenters. The third-order valence-corrected chi connectivity index (χ3v) is 8.12. The minimum atomic E-state index is -1.32. The van der Waals surface area contributed by atoms with Crippen molar-refractivity contribution in [3.63, 3.8) is 0 Å². The van der Waals surface area contributed by atoms with Crippen molar-refractivity contribution in [1.29, 1.82) is 5.26 Å². The molecular formula is C31H39N5O4. The highest BCUT2D eigenvalue weighted by molar-refractivity contribution is 6.03. The number of anilines is 1. The van der Waals surface area contributed by atoms with Gasteiger partial charge in [0.15, 0.2) is 5.82 Å². The number of aliphatic hydroxyl groups is 1. The number of aromatic amines is 1. The zero-order chi connectivity index (χ0) is 29.5. The number of rotatable bonds is 6. The molecule has 1 aliphatic carbocycles. The number of nitriles is 1. The highest BCUT2D eigenvalue weighted by Crippen LogP contribution is 2.45. The molecule has 40 heavy (non-hydrogen) atoms. The number of aromatic nitrogens is 2. The number of nitrogens with zero attached hydrogens (tertiary/aromatic N) is 3. The lowest BCUT2D eigenvalue weighted by Gasteiger charge is -2.44. The molecule has 1 aromatic heterocycles. The fourth-order valence-corrected chi connectivity index (χ4v) is 5.91. The van der Waals surface area contributed by atoms with Gasteiger partial charge in [-0.25, -0.2) is 9.78 Å². The van der Waals surface area contributed by atoms with Gasteiger partial charge in [-0.1, -0.05) is 38.1 Å². The first-order valence-electron chi connectivity index (χ1n) is 13.5. The SMILES string of the molecule is COC(=O)N1C(C)(C)C=C[C@@]1(C)CC(C)(O)c1ccc(NC(=O)c2ncc(C#N)[nH]2)c(C2=CCC(C)(C)CC2)c1. The van der Waals surface area contributed by atoms with Crippen molar-refractivity contribution in [2.75, 3.05) is 12.4 Å². The number of amides is 2. The van der Waals surface area contributed by atoms with E-state index in [-0.39, 0.29) is 23.4 Å². The van der Waals surface area contributed by atoms with Crippen LogP contribution >= 0.6 is 0 Å². The zero-order valence-electron chi connectivity index (χ0n) is 24.4. The lowest BCUT2D eigenvalue weighted by Crippen LogP contribution is -2.56. The molecule has 0 radical (unpaired) electrons. The van der Waals surface area contributed by atoms with Crippen LogP contribution in [0.3, 0.4) is 0 Å². The van der Waals surface area contributed by atoms with Crippen LogP contribution in [0.5, 0.6) is 0 Å². The van der Waals surface area contributed by atoms with Crippen LogP contribution in [0.1, 0.15) is 94.7 Å². The van der Waals surface area contributed by atoms with Crippen LogP contribution in [0.2, 0.25) is 0 Å². The normalized spacial score (nSPS) is 22.7. The second kappa shape index (κ2) is 10.3. The van der Waals surface area contributed by atoms with Gasteiger partial charge in [0.1, 0.15) is 11.8 Å². The Labute approximate surface area is 235 Å². The molecule has 3 N–H and O–H groups in total. The van der Waals surface area contributed by atoms with Gasteiger partial charge in [-0.05, 0) is 75.6 Å². The molecule has 9 nitrogen and oxygen atoms in total. The first-order chi connectivity index (χ1) is 18.6. The maximum Gasteiger partial charge on any atom is 0.410 e. The summed E-state index contributed by atoms with van der Waals surface area (Å²) < 4.78 is 5.09. The van der Waals surface area contributed by atoms with E-state index in [1.165, 1.54) is 13.3 Å². The lowest BCUT2D eigenvalue weighted by molar-refractivity contribution is -0.0141. The molecule has 0 spiro atoms. The molecule has 0 saturated carbocycles. The van der Waals surface area contributed by atoms with Gasteiger partial charge in [0.05, 0.1) is 30.0 Å². The van der Waals surface area contributed by atoms with Gasteiger partial charge in [0, 0.05) is 17.7 Å². The second-order valence-electron chi connectivity index (χ2n) is 12.7. The molecule has 9 heteroatoms. The van der Waals surface area contributed by atoms with E-state index in [4.69, 9.17) is 10.00 Å². The monoisotopic (exact) mass is 545 g/mol. The predicted octanol–water partition coefficient (Wildman–Crippen LogP) is 5.90. The highest BCUT2D eigenvalue weighted by Gasteiger charge is 2.50.